The number of hydrogen-bond acceptors (Lipinski definition) is 0. The molecule has 4 rings (SSSR count). The van der Waals surface area contributed by atoms with Gasteiger partial charge < -0.3 is 9.69 Å². The van der Waals surface area contributed by atoms with Gasteiger partial charge in [-0.1, -0.05) is 12.1 Å². The van der Waals surface area contributed by atoms with Gasteiger partial charge in [-0.15, -0.1) is 59.3 Å². The smallest absolute Gasteiger partial charge is 0.0809 e. The maximum absolute atomic E-state index is 6.48. The molecule has 0 bridgehead atoms. The van der Waals surface area contributed by atoms with Crippen molar-refractivity contribution in [3.63, 3.8) is 0 Å². The van der Waals surface area contributed by atoms with Crippen molar-refractivity contribution in [3.8, 4) is 0 Å². The minimum atomic E-state index is -0.167. The summed E-state index contributed by atoms with van der Waals surface area (Å²) in [6, 6.07) is 29.3. The van der Waals surface area contributed by atoms with Crippen molar-refractivity contribution in [2.45, 2.75) is 52.6 Å². The molecule has 0 aliphatic rings. The largest absolute Gasteiger partial charge is 0.168 e. The van der Waals surface area contributed by atoms with Crippen LogP contribution in [0.5, 0.6) is 0 Å². The maximum atomic E-state index is 6.48. The Morgan fingerprint density at radius 2 is 0.853 bits per heavy atom. The number of benzene rings is 2. The summed E-state index contributed by atoms with van der Waals surface area (Å²) in [6.45, 7) is 24.3. The third kappa shape index (κ3) is 17.9. The number of fused-ring (bicyclic) bond motifs is 2. The van der Waals surface area contributed by atoms with Crippen LogP contribution in [0.15, 0.2) is 84.9 Å². The van der Waals surface area contributed by atoms with Gasteiger partial charge in [-0.05, 0) is 0 Å². The molecule has 0 aliphatic carbocycles. The van der Waals surface area contributed by atoms with Crippen molar-refractivity contribution in [1.82, 2.24) is 0 Å². The molecule has 0 amide bonds. The Morgan fingerprint density at radius 3 is 1.09 bits per heavy atom. The van der Waals surface area contributed by atoms with Crippen LogP contribution in [-0.2, 0) is 36.4 Å². The molecule has 0 heterocycles. The molecule has 0 saturated heterocycles. The SMILES string of the molecule is [C-]#[N+]C(C)(C)C.[C-]#[N+]C(C)(C)C.[Cl][Pd+].[Cl][Pd+].c1ccc2[cH-]ccc2c1.c1ccc2[cH-]ccc2c1. The molecule has 0 aliphatic heterocycles. The van der Waals surface area contributed by atoms with Crippen LogP contribution >= 0.6 is 19.1 Å². The van der Waals surface area contributed by atoms with Gasteiger partial charge in [0.05, 0.1) is 0 Å². The van der Waals surface area contributed by atoms with Crippen LogP contribution in [-0.4, -0.2) is 11.1 Å². The van der Waals surface area contributed by atoms with Gasteiger partial charge in [0.25, 0.3) is 0 Å². The summed E-state index contributed by atoms with van der Waals surface area (Å²) in [6.07, 6.45) is 0. The zero-order valence-corrected chi connectivity index (χ0v) is 25.0. The third-order valence-corrected chi connectivity index (χ3v) is 3.77. The zero-order valence-electron chi connectivity index (χ0n) is 20.4. The van der Waals surface area contributed by atoms with Crippen molar-refractivity contribution < 1.29 is 36.4 Å². The Bertz CT molecular complexity index is 955. The normalized spacial score (nSPS) is 9.47. The predicted molar refractivity (Wildman–Crippen MR) is 143 cm³/mol. The molecule has 2 nitrogen and oxygen atoms in total. The van der Waals surface area contributed by atoms with E-state index in [2.05, 4.69) is 150 Å². The average Bonchev–Trinajstić information content (AvgIpc) is 3.51. The second kappa shape index (κ2) is 19.8. The summed E-state index contributed by atoms with van der Waals surface area (Å²) in [5.74, 6) is 0. The number of nitrogens with zero attached hydrogens (tertiary/aromatic N) is 2. The molecule has 0 unspecified atom stereocenters. The second-order valence-electron chi connectivity index (χ2n) is 8.87. The topological polar surface area (TPSA) is 8.72 Å². The van der Waals surface area contributed by atoms with E-state index in [0.29, 0.717) is 0 Å². The fraction of sp³-hybridized carbons (Fsp3) is 0.286. The summed E-state index contributed by atoms with van der Waals surface area (Å²) >= 11 is 4.44. The van der Waals surface area contributed by atoms with E-state index in [1.165, 1.54) is 21.5 Å². The van der Waals surface area contributed by atoms with Crippen molar-refractivity contribution in [2.75, 3.05) is 0 Å². The third-order valence-electron chi connectivity index (χ3n) is 3.77. The molecule has 188 valence electrons. The standard InChI is InChI=1S/2C9H7.2C5H9N.2ClH.2Pd/c2*1-2-5-9-7-3-6-8(9)4-1;2*1-5(2,3)6-4;;;;/h2*1-7H;2*1-3H3;2*1H;;/q2*-1;;;;;2*+2/p-2. The molecule has 0 atom stereocenters. The number of rotatable bonds is 0. The summed E-state index contributed by atoms with van der Waals surface area (Å²) in [5.41, 5.74) is -0.333. The van der Waals surface area contributed by atoms with Crippen LogP contribution in [0.4, 0.5) is 0 Å². The Morgan fingerprint density at radius 1 is 0.588 bits per heavy atom. The first kappa shape index (κ1) is 34.7. The van der Waals surface area contributed by atoms with Crippen molar-refractivity contribution in [3.05, 3.63) is 108 Å². The van der Waals surface area contributed by atoms with Crippen LogP contribution in [0.1, 0.15) is 41.5 Å². The van der Waals surface area contributed by atoms with Crippen LogP contribution < -0.4 is 0 Å². The van der Waals surface area contributed by atoms with Gasteiger partial charge in [-0.2, -0.15) is 35.0 Å². The molecule has 0 N–H and O–H groups in total. The van der Waals surface area contributed by atoms with Crippen LogP contribution in [0, 0.1) is 13.1 Å². The summed E-state index contributed by atoms with van der Waals surface area (Å²) in [4.78, 5) is 6.54. The van der Waals surface area contributed by atoms with Gasteiger partial charge in [-0.3, -0.25) is 0 Å². The fourth-order valence-electron chi connectivity index (χ4n) is 2.14. The summed E-state index contributed by atoms with van der Waals surface area (Å²) < 4.78 is 0. The van der Waals surface area contributed by atoms with Crippen LogP contribution in [0.2, 0.25) is 0 Å². The first-order valence-corrected chi connectivity index (χ1v) is 14.3. The second-order valence-corrected chi connectivity index (χ2v) is 8.87. The van der Waals surface area contributed by atoms with E-state index in [1.54, 1.807) is 0 Å². The van der Waals surface area contributed by atoms with Crippen molar-refractivity contribution in [1.29, 1.82) is 0 Å². The van der Waals surface area contributed by atoms with E-state index in [-0.39, 0.29) is 11.1 Å². The molecule has 6 heteroatoms. The first-order valence-electron chi connectivity index (χ1n) is 10.3. The Balaban J connectivity index is 0. The van der Waals surface area contributed by atoms with E-state index in [9.17, 15) is 0 Å². The molecule has 34 heavy (non-hydrogen) atoms. The molecule has 0 fully saturated rings. The van der Waals surface area contributed by atoms with Gasteiger partial charge >= 0.3 is 55.4 Å². The zero-order chi connectivity index (χ0) is 26.6. The summed E-state index contributed by atoms with van der Waals surface area (Å²) in [7, 11) is 8.98. The number of halogens is 2. The minimum Gasteiger partial charge on any atom is -0.168 e. The van der Waals surface area contributed by atoms with E-state index in [4.69, 9.17) is 13.1 Å². The molecular weight excluding hydrogens is 648 g/mol. The maximum Gasteiger partial charge on any atom is -0.0809 e. The average molecular weight is 680 g/mol. The first-order chi connectivity index (χ1) is 16.1. The van der Waals surface area contributed by atoms with Crippen LogP contribution in [0.3, 0.4) is 0 Å². The molecule has 0 spiro atoms. The quantitative estimate of drug-likeness (QED) is 0.129. The van der Waals surface area contributed by atoms with E-state index in [0.717, 1.165) is 0 Å². The van der Waals surface area contributed by atoms with E-state index in [1.807, 2.05) is 41.5 Å². The van der Waals surface area contributed by atoms with Crippen LogP contribution in [0.25, 0.3) is 31.2 Å². The number of hydrogen-bond donors (Lipinski definition) is 0. The van der Waals surface area contributed by atoms with Gasteiger partial charge in [0, 0.05) is 41.5 Å². The molecular formula is C28H32Cl2N2Pd2. The fourth-order valence-corrected chi connectivity index (χ4v) is 2.14. The molecule has 0 radical (unpaired) electrons. The van der Waals surface area contributed by atoms with Gasteiger partial charge in [0.15, 0.2) is 0 Å². The molecule has 4 aromatic carbocycles. The predicted octanol–water partition coefficient (Wildman–Crippen LogP) is 9.90. The van der Waals surface area contributed by atoms with Gasteiger partial charge in [0.2, 0.25) is 11.1 Å². The molecule has 0 aromatic heterocycles. The minimum absolute atomic E-state index is 0.167. The van der Waals surface area contributed by atoms with Crippen molar-refractivity contribution in [2.24, 2.45) is 0 Å². The Kier molecular flexibility index (Phi) is 20.2. The van der Waals surface area contributed by atoms with E-state index < -0.39 is 0 Å². The molecule has 0 saturated carbocycles. The summed E-state index contributed by atoms with van der Waals surface area (Å²) in [5, 5.41) is 5.32. The van der Waals surface area contributed by atoms with Gasteiger partial charge in [-0.25, -0.2) is 13.1 Å². The monoisotopic (exact) mass is 678 g/mol. The molecule has 4 aromatic rings. The van der Waals surface area contributed by atoms with Gasteiger partial charge in [0.1, 0.15) is 0 Å². The Hall–Kier alpha value is -1.46. The van der Waals surface area contributed by atoms with E-state index >= 15 is 0 Å². The Labute approximate surface area is 235 Å². The van der Waals surface area contributed by atoms with Crippen molar-refractivity contribution >= 4 is 40.6 Å².